The van der Waals surface area contributed by atoms with E-state index in [1.165, 1.54) is 6.07 Å². The second kappa shape index (κ2) is 6.93. The van der Waals surface area contributed by atoms with E-state index < -0.39 is 5.97 Å². The van der Waals surface area contributed by atoms with E-state index >= 15 is 0 Å². The molecule has 0 amide bonds. The van der Waals surface area contributed by atoms with Crippen LogP contribution in [-0.2, 0) is 16.0 Å². The monoisotopic (exact) mass is 280 g/mol. The Balaban J connectivity index is 2.78. The van der Waals surface area contributed by atoms with Gasteiger partial charge in [-0.05, 0) is 30.9 Å². The van der Waals surface area contributed by atoms with Crippen molar-refractivity contribution < 1.29 is 24.5 Å². The Morgan fingerprint density at radius 3 is 2.60 bits per heavy atom. The van der Waals surface area contributed by atoms with Crippen LogP contribution in [0.25, 0.3) is 0 Å². The summed E-state index contributed by atoms with van der Waals surface area (Å²) in [6.45, 7) is 5.82. The Bertz CT molecular complexity index is 505. The van der Waals surface area contributed by atoms with Gasteiger partial charge in [-0.15, -0.1) is 0 Å². The molecule has 0 saturated carbocycles. The van der Waals surface area contributed by atoms with E-state index in [1.807, 2.05) is 13.8 Å². The van der Waals surface area contributed by atoms with Crippen LogP contribution in [0.5, 0.6) is 11.5 Å². The van der Waals surface area contributed by atoms with Crippen molar-refractivity contribution in [3.63, 3.8) is 0 Å². The molecule has 0 aliphatic rings. The zero-order valence-electron chi connectivity index (χ0n) is 12.0. The number of carbonyl (C=O) groups is 2. The Kier molecular flexibility index (Phi) is 5.55. The fourth-order valence-electron chi connectivity index (χ4n) is 1.79. The van der Waals surface area contributed by atoms with Gasteiger partial charge in [0, 0.05) is 12.0 Å². The molecule has 0 atom stereocenters. The highest BCUT2D eigenvalue weighted by Gasteiger charge is 2.16. The van der Waals surface area contributed by atoms with Gasteiger partial charge in [-0.2, -0.15) is 0 Å². The van der Waals surface area contributed by atoms with Gasteiger partial charge in [0.2, 0.25) is 0 Å². The number of aryl methyl sites for hydroxylation is 1. The quantitative estimate of drug-likeness (QED) is 0.617. The summed E-state index contributed by atoms with van der Waals surface area (Å²) < 4.78 is 5.01. The number of benzene rings is 1. The lowest BCUT2D eigenvalue weighted by Gasteiger charge is -2.12. The molecule has 0 aliphatic heterocycles. The summed E-state index contributed by atoms with van der Waals surface area (Å²) in [5, 5.41) is 19.7. The zero-order valence-corrected chi connectivity index (χ0v) is 12.0. The molecule has 20 heavy (non-hydrogen) atoms. The maximum atomic E-state index is 11.5. The molecule has 0 unspecified atom stereocenters. The molecule has 0 saturated heterocycles. The minimum atomic E-state index is -0.397. The highest BCUT2D eigenvalue weighted by molar-refractivity contribution is 5.83. The lowest BCUT2D eigenvalue weighted by atomic mass is 9.99. The maximum Gasteiger partial charge on any atom is 0.306 e. The fourth-order valence-corrected chi connectivity index (χ4v) is 1.79. The Labute approximate surface area is 118 Å². The fraction of sp³-hybridized carbons (Fsp3) is 0.467. The largest absolute Gasteiger partial charge is 0.508 e. The van der Waals surface area contributed by atoms with Crippen LogP contribution in [0.15, 0.2) is 6.07 Å². The Morgan fingerprint density at radius 1 is 1.40 bits per heavy atom. The summed E-state index contributed by atoms with van der Waals surface area (Å²) in [4.78, 5) is 22.4. The van der Waals surface area contributed by atoms with Gasteiger partial charge in [-0.3, -0.25) is 9.59 Å². The van der Waals surface area contributed by atoms with E-state index in [1.54, 1.807) is 6.92 Å². The van der Waals surface area contributed by atoms with Gasteiger partial charge in [-0.1, -0.05) is 13.8 Å². The lowest BCUT2D eigenvalue weighted by molar-refractivity contribution is -0.144. The van der Waals surface area contributed by atoms with Gasteiger partial charge in [-0.25, -0.2) is 0 Å². The molecular weight excluding hydrogens is 260 g/mol. The number of carbonyl (C=O) groups excluding carboxylic acids is 2. The molecule has 110 valence electrons. The number of phenols is 2. The molecule has 0 fully saturated rings. The van der Waals surface area contributed by atoms with Crippen molar-refractivity contribution in [1.82, 2.24) is 0 Å². The topological polar surface area (TPSA) is 83.8 Å². The van der Waals surface area contributed by atoms with Gasteiger partial charge in [0.15, 0.2) is 6.29 Å². The SMILES string of the molecule is Cc1cc(O)c(CCC(=O)OCC(C)C)c(O)c1C=O. The van der Waals surface area contributed by atoms with E-state index in [4.69, 9.17) is 4.74 Å². The molecule has 0 bridgehead atoms. The highest BCUT2D eigenvalue weighted by Crippen LogP contribution is 2.33. The molecule has 0 aliphatic carbocycles. The molecule has 1 rings (SSSR count). The summed E-state index contributed by atoms with van der Waals surface area (Å²) in [6, 6.07) is 1.40. The highest BCUT2D eigenvalue weighted by atomic mass is 16.5. The summed E-state index contributed by atoms with van der Waals surface area (Å²) in [5.74, 6) is -0.538. The molecule has 0 heterocycles. The molecule has 2 N–H and O–H groups in total. The standard InChI is InChI=1S/C15H20O5/c1-9(2)8-20-14(18)5-4-11-13(17)6-10(3)12(7-16)15(11)19/h6-7,9,17,19H,4-5,8H2,1-3H3. The number of phenolic OH excluding ortho intramolecular Hbond substituents is 2. The van der Waals surface area contributed by atoms with Crippen LogP contribution in [0.2, 0.25) is 0 Å². The molecule has 5 nitrogen and oxygen atoms in total. The van der Waals surface area contributed by atoms with Crippen LogP contribution in [0.4, 0.5) is 0 Å². The first-order chi connectivity index (χ1) is 9.36. The van der Waals surface area contributed by atoms with Gasteiger partial charge in [0.25, 0.3) is 0 Å². The first kappa shape index (κ1) is 16.0. The lowest BCUT2D eigenvalue weighted by Crippen LogP contribution is -2.10. The summed E-state index contributed by atoms with van der Waals surface area (Å²) in [7, 11) is 0. The average molecular weight is 280 g/mol. The maximum absolute atomic E-state index is 11.5. The number of hydrogen-bond acceptors (Lipinski definition) is 5. The second-order valence-corrected chi connectivity index (χ2v) is 5.15. The first-order valence-electron chi connectivity index (χ1n) is 6.52. The number of esters is 1. The zero-order chi connectivity index (χ0) is 15.3. The number of aromatic hydroxyl groups is 2. The van der Waals surface area contributed by atoms with Crippen LogP contribution in [0, 0.1) is 12.8 Å². The normalized spacial score (nSPS) is 10.6. The van der Waals surface area contributed by atoms with Gasteiger partial charge in [0.05, 0.1) is 12.2 Å². The van der Waals surface area contributed by atoms with Crippen molar-refractivity contribution in [2.75, 3.05) is 6.61 Å². The van der Waals surface area contributed by atoms with Crippen LogP contribution >= 0.6 is 0 Å². The van der Waals surface area contributed by atoms with Crippen LogP contribution in [0.1, 0.15) is 41.8 Å². The molecule has 0 aromatic heterocycles. The van der Waals surface area contributed by atoms with E-state index in [2.05, 4.69) is 0 Å². The summed E-state index contributed by atoms with van der Waals surface area (Å²) in [6.07, 6.45) is 0.690. The minimum Gasteiger partial charge on any atom is -0.508 e. The van der Waals surface area contributed by atoms with E-state index in [0.29, 0.717) is 18.5 Å². The van der Waals surface area contributed by atoms with Crippen molar-refractivity contribution in [3.05, 3.63) is 22.8 Å². The molecule has 1 aromatic carbocycles. The average Bonchev–Trinajstić information content (AvgIpc) is 2.36. The Morgan fingerprint density at radius 2 is 2.05 bits per heavy atom. The number of rotatable bonds is 6. The van der Waals surface area contributed by atoms with Crippen molar-refractivity contribution in [1.29, 1.82) is 0 Å². The van der Waals surface area contributed by atoms with Crippen LogP contribution in [0.3, 0.4) is 0 Å². The van der Waals surface area contributed by atoms with Gasteiger partial charge in [0.1, 0.15) is 11.5 Å². The van der Waals surface area contributed by atoms with Crippen molar-refractivity contribution >= 4 is 12.3 Å². The second-order valence-electron chi connectivity index (χ2n) is 5.15. The molecule has 0 spiro atoms. The van der Waals surface area contributed by atoms with Crippen LogP contribution < -0.4 is 0 Å². The third-order valence-corrected chi connectivity index (χ3v) is 2.90. The third kappa shape index (κ3) is 3.98. The van der Waals surface area contributed by atoms with Gasteiger partial charge >= 0.3 is 5.97 Å². The summed E-state index contributed by atoms with van der Waals surface area (Å²) >= 11 is 0. The van der Waals surface area contributed by atoms with Crippen molar-refractivity contribution in [2.24, 2.45) is 5.92 Å². The molecule has 0 radical (unpaired) electrons. The summed E-state index contributed by atoms with van der Waals surface area (Å²) in [5.41, 5.74) is 0.814. The van der Waals surface area contributed by atoms with E-state index in [0.717, 1.165) is 0 Å². The minimum absolute atomic E-state index is 0.0369. The molecule has 5 heteroatoms. The smallest absolute Gasteiger partial charge is 0.306 e. The third-order valence-electron chi connectivity index (χ3n) is 2.90. The van der Waals surface area contributed by atoms with Crippen molar-refractivity contribution in [3.8, 4) is 11.5 Å². The van der Waals surface area contributed by atoms with Crippen molar-refractivity contribution in [2.45, 2.75) is 33.6 Å². The predicted octanol–water partition coefficient (Wildman–Crippen LogP) is 2.35. The van der Waals surface area contributed by atoms with E-state index in [9.17, 15) is 19.8 Å². The number of aldehydes is 1. The predicted molar refractivity (Wildman–Crippen MR) is 74.0 cm³/mol. The number of hydrogen-bond donors (Lipinski definition) is 2. The number of ether oxygens (including phenoxy) is 1. The van der Waals surface area contributed by atoms with Crippen LogP contribution in [-0.4, -0.2) is 29.1 Å². The van der Waals surface area contributed by atoms with Gasteiger partial charge < -0.3 is 14.9 Å². The first-order valence-corrected chi connectivity index (χ1v) is 6.52. The Hall–Kier alpha value is -2.04. The van der Waals surface area contributed by atoms with E-state index in [-0.39, 0.29) is 41.4 Å². The molecule has 1 aromatic rings. The molecular formula is C15H20O5.